The molecule has 1 aliphatic heterocycles. The molecule has 0 bridgehead atoms. The van der Waals surface area contributed by atoms with Crippen molar-refractivity contribution < 1.29 is 22.7 Å². The summed E-state index contributed by atoms with van der Waals surface area (Å²) in [5.74, 6) is 0.392. The summed E-state index contributed by atoms with van der Waals surface area (Å²) in [6.07, 6.45) is 0.0323. The molecular weight excluding hydrogens is 392 g/mol. The van der Waals surface area contributed by atoms with Crippen molar-refractivity contribution in [1.82, 2.24) is 4.72 Å². The highest BCUT2D eigenvalue weighted by atomic mass is 35.5. The molecule has 7 nitrogen and oxygen atoms in total. The van der Waals surface area contributed by atoms with Crippen LogP contribution in [-0.2, 0) is 19.6 Å². The molecule has 0 saturated heterocycles. The Morgan fingerprint density at radius 1 is 1.11 bits per heavy atom. The highest BCUT2D eigenvalue weighted by molar-refractivity contribution is 7.90. The van der Waals surface area contributed by atoms with Gasteiger partial charge in [0.15, 0.2) is 0 Å². The number of esters is 1. The molecule has 2 aromatic carbocycles. The van der Waals surface area contributed by atoms with E-state index < -0.39 is 16.0 Å². The third-order valence-corrected chi connectivity index (χ3v) is 5.29. The van der Waals surface area contributed by atoms with E-state index in [1.807, 2.05) is 0 Å². The van der Waals surface area contributed by atoms with Crippen molar-refractivity contribution in [2.75, 3.05) is 19.8 Å². The number of carbonyl (C=O) groups is 1. The quantitative estimate of drug-likeness (QED) is 0.560. The molecule has 0 saturated carbocycles. The first-order chi connectivity index (χ1) is 13.0. The first-order valence-electron chi connectivity index (χ1n) is 8.16. The number of ether oxygens (including phenoxy) is 2. The van der Waals surface area contributed by atoms with E-state index in [0.717, 1.165) is 0 Å². The number of carbonyl (C=O) groups excluding carboxylic acids is 1. The molecule has 0 spiro atoms. The van der Waals surface area contributed by atoms with Crippen LogP contribution in [0.25, 0.3) is 0 Å². The topological polar surface area (TPSA) is 94.1 Å². The number of rotatable bonds is 7. The maximum Gasteiger partial charge on any atom is 0.307 e. The third-order valence-electron chi connectivity index (χ3n) is 3.66. The Kier molecular flexibility index (Phi) is 5.98. The maximum atomic E-state index is 12.0. The Morgan fingerprint density at radius 2 is 1.93 bits per heavy atom. The van der Waals surface area contributed by atoms with E-state index in [1.54, 1.807) is 42.5 Å². The smallest absolute Gasteiger partial charge is 0.307 e. The molecule has 0 fully saturated rings. The highest BCUT2D eigenvalue weighted by Crippen LogP contribution is 2.22. The highest BCUT2D eigenvalue weighted by Gasteiger charge is 2.29. The van der Waals surface area contributed by atoms with Gasteiger partial charge in [0, 0.05) is 10.6 Å². The zero-order valence-corrected chi connectivity index (χ0v) is 15.8. The number of hydrogen-bond donors (Lipinski definition) is 1. The predicted molar refractivity (Wildman–Crippen MR) is 101 cm³/mol. The van der Waals surface area contributed by atoms with Crippen LogP contribution in [-0.4, -0.2) is 40.0 Å². The molecule has 0 atom stereocenters. The molecule has 1 aliphatic rings. The fraction of sp³-hybridized carbons (Fsp3) is 0.222. The summed E-state index contributed by atoms with van der Waals surface area (Å²) in [6.45, 7) is 0.408. The van der Waals surface area contributed by atoms with E-state index in [1.165, 1.54) is 6.07 Å². The molecule has 142 valence electrons. The Balaban J connectivity index is 1.43. The molecule has 0 radical (unpaired) electrons. The van der Waals surface area contributed by atoms with E-state index in [2.05, 4.69) is 9.71 Å². The summed E-state index contributed by atoms with van der Waals surface area (Å²) in [6, 6.07) is 13.5. The molecule has 0 aromatic heterocycles. The van der Waals surface area contributed by atoms with Gasteiger partial charge in [-0.3, -0.25) is 14.5 Å². The first kappa shape index (κ1) is 19.2. The second-order valence-corrected chi connectivity index (χ2v) is 7.70. The summed E-state index contributed by atoms with van der Waals surface area (Å²) in [7, 11) is -3.58. The SMILES string of the molecule is O=C(CCN=C1NS(=O)(=O)c2ccccc21)OCCOc1cccc(Cl)c1. The van der Waals surface area contributed by atoms with Gasteiger partial charge in [-0.2, -0.15) is 0 Å². The average Bonchev–Trinajstić information content (AvgIpc) is 2.90. The zero-order chi connectivity index (χ0) is 19.3. The number of aliphatic imine (C=N–C) groups is 1. The second-order valence-electron chi connectivity index (χ2n) is 5.61. The largest absolute Gasteiger partial charge is 0.490 e. The van der Waals surface area contributed by atoms with Gasteiger partial charge in [-0.25, -0.2) is 8.42 Å². The fourth-order valence-electron chi connectivity index (χ4n) is 2.45. The van der Waals surface area contributed by atoms with Gasteiger partial charge in [0.1, 0.15) is 24.8 Å². The van der Waals surface area contributed by atoms with Gasteiger partial charge < -0.3 is 9.47 Å². The summed E-state index contributed by atoms with van der Waals surface area (Å²) in [5, 5.41) is 0.563. The summed E-state index contributed by atoms with van der Waals surface area (Å²) in [5.41, 5.74) is 0.501. The van der Waals surface area contributed by atoms with Crippen molar-refractivity contribution in [2.45, 2.75) is 11.3 Å². The molecule has 3 rings (SSSR count). The van der Waals surface area contributed by atoms with Crippen LogP contribution in [0.1, 0.15) is 12.0 Å². The van der Waals surface area contributed by atoms with Crippen molar-refractivity contribution in [3.8, 4) is 5.75 Å². The van der Waals surface area contributed by atoms with E-state index in [4.69, 9.17) is 21.1 Å². The van der Waals surface area contributed by atoms with Crippen molar-refractivity contribution in [1.29, 1.82) is 0 Å². The molecule has 1 heterocycles. The molecule has 0 amide bonds. The lowest BCUT2D eigenvalue weighted by Crippen LogP contribution is -2.22. The van der Waals surface area contributed by atoms with E-state index in [-0.39, 0.29) is 36.9 Å². The molecular formula is C18H17ClN2O5S. The van der Waals surface area contributed by atoms with E-state index in [0.29, 0.717) is 16.3 Å². The Bertz CT molecular complexity index is 975. The van der Waals surface area contributed by atoms with Crippen LogP contribution in [0, 0.1) is 0 Å². The molecule has 27 heavy (non-hydrogen) atoms. The lowest BCUT2D eigenvalue weighted by atomic mass is 10.2. The number of fused-ring (bicyclic) bond motifs is 1. The van der Waals surface area contributed by atoms with Crippen molar-refractivity contribution in [2.24, 2.45) is 4.99 Å². The van der Waals surface area contributed by atoms with Crippen LogP contribution < -0.4 is 9.46 Å². The van der Waals surface area contributed by atoms with Gasteiger partial charge in [-0.15, -0.1) is 0 Å². The predicted octanol–water partition coefficient (Wildman–Crippen LogP) is 2.39. The standard InChI is InChI=1S/C18H17ClN2O5S/c19-13-4-3-5-14(12-13)25-10-11-26-17(22)8-9-20-18-15-6-1-2-7-16(15)27(23,24)21-18/h1-7,12H,8-11H2,(H,20,21). The van der Waals surface area contributed by atoms with E-state index >= 15 is 0 Å². The van der Waals surface area contributed by atoms with Gasteiger partial charge in [-0.05, 0) is 30.3 Å². The Hall–Kier alpha value is -2.58. The van der Waals surface area contributed by atoms with Crippen LogP contribution in [0.5, 0.6) is 5.75 Å². The monoisotopic (exact) mass is 408 g/mol. The molecule has 0 unspecified atom stereocenters. The Morgan fingerprint density at radius 3 is 2.74 bits per heavy atom. The van der Waals surface area contributed by atoms with Crippen molar-refractivity contribution >= 4 is 33.4 Å². The second kappa shape index (κ2) is 8.41. The van der Waals surface area contributed by atoms with Crippen LogP contribution in [0.4, 0.5) is 0 Å². The number of hydrogen-bond acceptors (Lipinski definition) is 6. The molecule has 0 aliphatic carbocycles. The third kappa shape index (κ3) is 4.99. The number of halogens is 1. The minimum absolute atomic E-state index is 0.0323. The van der Waals surface area contributed by atoms with Gasteiger partial charge in [-0.1, -0.05) is 29.8 Å². The van der Waals surface area contributed by atoms with Gasteiger partial charge in [0.25, 0.3) is 10.0 Å². The van der Waals surface area contributed by atoms with E-state index in [9.17, 15) is 13.2 Å². The molecule has 1 N–H and O–H groups in total. The number of nitrogens with zero attached hydrogens (tertiary/aromatic N) is 1. The van der Waals surface area contributed by atoms with Crippen molar-refractivity contribution in [3.63, 3.8) is 0 Å². The fourth-order valence-corrected chi connectivity index (χ4v) is 3.89. The zero-order valence-electron chi connectivity index (χ0n) is 14.2. The van der Waals surface area contributed by atoms with Gasteiger partial charge in [0.2, 0.25) is 0 Å². The summed E-state index contributed by atoms with van der Waals surface area (Å²) < 4.78 is 36.8. The van der Waals surface area contributed by atoms with Crippen LogP contribution in [0.3, 0.4) is 0 Å². The first-order valence-corrected chi connectivity index (χ1v) is 10.0. The van der Waals surface area contributed by atoms with Gasteiger partial charge >= 0.3 is 5.97 Å². The minimum atomic E-state index is -3.58. The Labute approximate surface area is 162 Å². The lowest BCUT2D eigenvalue weighted by molar-refractivity contribution is -0.144. The normalized spacial score (nSPS) is 15.8. The molecule has 9 heteroatoms. The van der Waals surface area contributed by atoms with Gasteiger partial charge in [0.05, 0.1) is 17.9 Å². The number of sulfonamides is 1. The number of benzene rings is 2. The maximum absolute atomic E-state index is 12.0. The lowest BCUT2D eigenvalue weighted by Gasteiger charge is -2.07. The van der Waals surface area contributed by atoms with Crippen LogP contribution in [0.15, 0.2) is 58.4 Å². The van der Waals surface area contributed by atoms with Crippen LogP contribution >= 0.6 is 11.6 Å². The minimum Gasteiger partial charge on any atom is -0.490 e. The molecule has 2 aromatic rings. The summed E-state index contributed by atoms with van der Waals surface area (Å²) in [4.78, 5) is 16.1. The van der Waals surface area contributed by atoms with Crippen molar-refractivity contribution in [3.05, 3.63) is 59.1 Å². The average molecular weight is 409 g/mol. The number of nitrogens with one attached hydrogen (secondary N) is 1. The summed E-state index contributed by atoms with van der Waals surface area (Å²) >= 11 is 5.85. The van der Waals surface area contributed by atoms with Crippen LogP contribution in [0.2, 0.25) is 5.02 Å². The number of amidine groups is 1.